The van der Waals surface area contributed by atoms with Crippen LogP contribution in [-0.4, -0.2) is 41.0 Å². The topological polar surface area (TPSA) is 161 Å². The number of benzene rings is 2. The van der Waals surface area contributed by atoms with E-state index in [2.05, 4.69) is 0 Å². The number of nitrogens with zero attached hydrogens (tertiary/aromatic N) is 3. The molecular formula is C24H20F3N5O5. The maximum absolute atomic E-state index is 13.4. The number of carboxylic acid groups (broad SMARTS) is 1. The Morgan fingerprint density at radius 1 is 1.22 bits per heavy atom. The summed E-state index contributed by atoms with van der Waals surface area (Å²) in [6.07, 6.45) is -5.32. The molecule has 1 unspecified atom stereocenters. The lowest BCUT2D eigenvalue weighted by molar-refractivity contribution is -0.138. The second-order valence-corrected chi connectivity index (χ2v) is 7.90. The van der Waals surface area contributed by atoms with Crippen molar-refractivity contribution in [3.63, 3.8) is 0 Å². The van der Waals surface area contributed by atoms with Crippen LogP contribution in [0, 0.1) is 16.7 Å². The molecule has 192 valence electrons. The molecule has 0 aromatic heterocycles. The zero-order valence-corrected chi connectivity index (χ0v) is 19.5. The van der Waals surface area contributed by atoms with Crippen LogP contribution in [0.1, 0.15) is 35.2 Å². The third-order valence-corrected chi connectivity index (χ3v) is 5.68. The van der Waals surface area contributed by atoms with Crippen molar-refractivity contribution in [2.75, 3.05) is 12.0 Å². The first-order valence-electron chi connectivity index (χ1n) is 10.5. The van der Waals surface area contributed by atoms with Crippen molar-refractivity contribution in [3.8, 4) is 6.07 Å². The first kappa shape index (κ1) is 26.7. The average molecular weight is 515 g/mol. The molecule has 1 atom stereocenters. The van der Waals surface area contributed by atoms with Crippen molar-refractivity contribution in [2.24, 2.45) is 5.73 Å². The number of methoxy groups -OCH3 is 1. The molecule has 0 saturated carbocycles. The number of halogens is 3. The maximum atomic E-state index is 13.4. The molecule has 0 aliphatic carbocycles. The minimum atomic E-state index is -4.71. The molecule has 2 aromatic rings. The highest BCUT2D eigenvalue weighted by Gasteiger charge is 2.44. The third kappa shape index (κ3) is 5.08. The number of esters is 1. The first-order valence-corrected chi connectivity index (χ1v) is 10.5. The monoisotopic (exact) mass is 515 g/mol. The number of carbonyl (C=O) groups excluding carboxylic acids is 2. The Bertz CT molecular complexity index is 1380. The normalized spacial score (nSPS) is 15.9. The number of hydrogen-bond acceptors (Lipinski definition) is 6. The summed E-state index contributed by atoms with van der Waals surface area (Å²) in [7, 11) is 1.04. The number of nitrogens with two attached hydrogens (primary N) is 1. The lowest BCUT2D eigenvalue weighted by Crippen LogP contribution is -2.55. The van der Waals surface area contributed by atoms with Gasteiger partial charge in [0.15, 0.2) is 0 Å². The number of rotatable bonds is 5. The van der Waals surface area contributed by atoms with Gasteiger partial charge in [-0.1, -0.05) is 12.1 Å². The Kier molecular flexibility index (Phi) is 7.24. The molecule has 13 heteroatoms. The van der Waals surface area contributed by atoms with E-state index in [1.165, 1.54) is 31.2 Å². The maximum Gasteiger partial charge on any atom is 0.416 e. The van der Waals surface area contributed by atoms with E-state index in [1.807, 2.05) is 6.07 Å². The lowest BCUT2D eigenvalue weighted by atomic mass is 9.88. The predicted molar refractivity (Wildman–Crippen MR) is 123 cm³/mol. The Balaban J connectivity index is 2.36. The number of amides is 2. The van der Waals surface area contributed by atoms with Gasteiger partial charge in [-0.2, -0.15) is 18.4 Å². The van der Waals surface area contributed by atoms with E-state index in [0.717, 1.165) is 30.2 Å². The van der Waals surface area contributed by atoms with Gasteiger partial charge in [0.2, 0.25) is 5.96 Å². The number of urea groups is 1. The van der Waals surface area contributed by atoms with Crippen LogP contribution in [-0.2, 0) is 26.9 Å². The summed E-state index contributed by atoms with van der Waals surface area (Å²) >= 11 is 0. The second kappa shape index (κ2) is 10.0. The van der Waals surface area contributed by atoms with Crippen LogP contribution in [0.4, 0.5) is 23.7 Å². The molecule has 37 heavy (non-hydrogen) atoms. The number of primary amides is 1. The van der Waals surface area contributed by atoms with Crippen LogP contribution in [0.15, 0.2) is 53.7 Å². The van der Waals surface area contributed by atoms with E-state index in [9.17, 15) is 37.9 Å². The Hall–Kier alpha value is -4.86. The standard InChI is InChI=1S/C24H20F3N5O5/c1-12-19(21(35)37-2)20(17-7-6-13(11-28)8-14(17)9-18(33)34)32(23(30)36)22(29)31(12)16-5-3-4-15(10-16)24(25,26)27/h3-8,10,20,29H,9H2,1-2H3,(H2,30,36)(H,33,34). The van der Waals surface area contributed by atoms with Gasteiger partial charge in [-0.15, -0.1) is 0 Å². The Morgan fingerprint density at radius 2 is 1.89 bits per heavy atom. The molecule has 1 aliphatic rings. The number of hydrogen-bond donors (Lipinski definition) is 3. The van der Waals surface area contributed by atoms with E-state index >= 15 is 0 Å². The van der Waals surface area contributed by atoms with E-state index in [4.69, 9.17) is 15.9 Å². The number of carboxylic acids is 1. The van der Waals surface area contributed by atoms with Gasteiger partial charge in [-0.25, -0.2) is 9.59 Å². The van der Waals surface area contributed by atoms with Crippen molar-refractivity contribution >= 4 is 29.6 Å². The van der Waals surface area contributed by atoms with Crippen molar-refractivity contribution in [2.45, 2.75) is 25.6 Å². The van der Waals surface area contributed by atoms with Crippen LogP contribution in [0.5, 0.6) is 0 Å². The zero-order chi connectivity index (χ0) is 27.7. The highest BCUT2D eigenvalue weighted by molar-refractivity contribution is 6.10. The SMILES string of the molecule is COC(=O)C1=C(C)N(c2cccc(C(F)(F)F)c2)C(=N)N(C(N)=O)C1c1ccc(C#N)cc1CC(=O)O. The molecular weight excluding hydrogens is 495 g/mol. The first-order chi connectivity index (χ1) is 17.3. The van der Waals surface area contributed by atoms with Crippen LogP contribution >= 0.6 is 0 Å². The second-order valence-electron chi connectivity index (χ2n) is 7.90. The summed E-state index contributed by atoms with van der Waals surface area (Å²) in [6.45, 7) is 1.34. The predicted octanol–water partition coefficient (Wildman–Crippen LogP) is 3.53. The molecule has 0 radical (unpaired) electrons. The van der Waals surface area contributed by atoms with Gasteiger partial charge in [0, 0.05) is 11.4 Å². The molecule has 3 rings (SSSR count). The smallest absolute Gasteiger partial charge is 0.416 e. The van der Waals surface area contributed by atoms with E-state index in [0.29, 0.717) is 4.90 Å². The van der Waals surface area contributed by atoms with Gasteiger partial charge in [0.05, 0.1) is 36.3 Å². The van der Waals surface area contributed by atoms with Crippen molar-refractivity contribution in [1.29, 1.82) is 10.7 Å². The molecule has 0 fully saturated rings. The summed E-state index contributed by atoms with van der Waals surface area (Å²) in [5.74, 6) is -2.96. The minimum absolute atomic E-state index is 0.0516. The fourth-order valence-electron chi connectivity index (χ4n) is 4.13. The van der Waals surface area contributed by atoms with Crippen LogP contribution in [0.25, 0.3) is 0 Å². The van der Waals surface area contributed by atoms with Gasteiger partial charge >= 0.3 is 24.1 Å². The fourth-order valence-corrected chi connectivity index (χ4v) is 4.13. The highest BCUT2D eigenvalue weighted by Crippen LogP contribution is 2.42. The quantitative estimate of drug-likeness (QED) is 0.513. The molecule has 0 saturated heterocycles. The van der Waals surface area contributed by atoms with Gasteiger partial charge in [0.1, 0.15) is 6.04 Å². The molecule has 4 N–H and O–H groups in total. The van der Waals surface area contributed by atoms with E-state index < -0.39 is 48.1 Å². The Labute approximate surface area is 208 Å². The summed E-state index contributed by atoms with van der Waals surface area (Å²) in [6, 6.07) is 6.97. The number of allylic oxidation sites excluding steroid dienone is 1. The largest absolute Gasteiger partial charge is 0.481 e. The van der Waals surface area contributed by atoms with Crippen molar-refractivity contribution in [3.05, 3.63) is 76.0 Å². The number of nitriles is 1. The molecule has 1 heterocycles. The van der Waals surface area contributed by atoms with Crippen LogP contribution in [0.3, 0.4) is 0 Å². The number of guanidine groups is 1. The molecule has 1 aliphatic heterocycles. The highest BCUT2D eigenvalue weighted by atomic mass is 19.4. The third-order valence-electron chi connectivity index (χ3n) is 5.68. The number of ether oxygens (including phenoxy) is 1. The van der Waals surface area contributed by atoms with Crippen LogP contribution in [0.2, 0.25) is 0 Å². The van der Waals surface area contributed by atoms with Crippen LogP contribution < -0.4 is 10.6 Å². The van der Waals surface area contributed by atoms with Gasteiger partial charge in [-0.3, -0.25) is 20.0 Å². The fraction of sp³-hybridized carbons (Fsp3) is 0.208. The Morgan fingerprint density at radius 3 is 2.43 bits per heavy atom. The van der Waals surface area contributed by atoms with Gasteiger partial charge < -0.3 is 15.6 Å². The number of aliphatic carboxylic acids is 1. The summed E-state index contributed by atoms with van der Waals surface area (Å²) in [4.78, 5) is 38.7. The number of nitrogens with one attached hydrogen (secondary N) is 1. The summed E-state index contributed by atoms with van der Waals surface area (Å²) < 4.78 is 45.0. The van der Waals surface area contributed by atoms with Crippen molar-refractivity contribution < 1.29 is 37.4 Å². The molecule has 0 spiro atoms. The summed E-state index contributed by atoms with van der Waals surface area (Å²) in [5, 5.41) is 27.4. The minimum Gasteiger partial charge on any atom is -0.481 e. The molecule has 2 aromatic carbocycles. The van der Waals surface area contributed by atoms with E-state index in [-0.39, 0.29) is 33.6 Å². The molecule has 10 nitrogen and oxygen atoms in total. The number of anilines is 1. The van der Waals surface area contributed by atoms with Gasteiger partial charge in [0.25, 0.3) is 0 Å². The molecule has 2 amide bonds. The number of alkyl halides is 3. The molecule has 0 bridgehead atoms. The zero-order valence-electron chi connectivity index (χ0n) is 19.5. The van der Waals surface area contributed by atoms with Gasteiger partial charge in [-0.05, 0) is 48.4 Å². The number of carbonyl (C=O) groups is 3. The summed E-state index contributed by atoms with van der Waals surface area (Å²) in [5.41, 5.74) is 4.25. The average Bonchev–Trinajstić information content (AvgIpc) is 2.82. The van der Waals surface area contributed by atoms with E-state index in [1.54, 1.807) is 0 Å². The lowest BCUT2D eigenvalue weighted by Gasteiger charge is -2.43. The van der Waals surface area contributed by atoms with Crippen molar-refractivity contribution in [1.82, 2.24) is 4.90 Å².